The molecule has 5 nitrogen and oxygen atoms in total. The van der Waals surface area contributed by atoms with Gasteiger partial charge in [-0.25, -0.2) is 4.79 Å². The van der Waals surface area contributed by atoms with Crippen LogP contribution in [0, 0.1) is 0 Å². The van der Waals surface area contributed by atoms with E-state index in [0.29, 0.717) is 37.6 Å². The summed E-state index contributed by atoms with van der Waals surface area (Å²) < 4.78 is 4.97. The SMILES string of the molecule is CCCC(=O)N1CCN(C(C(=O)OC)c2ccccc2Cl)CC1. The van der Waals surface area contributed by atoms with Gasteiger partial charge < -0.3 is 9.64 Å². The molecule has 1 aliphatic heterocycles. The third kappa shape index (κ3) is 4.24. The van der Waals surface area contributed by atoms with Crippen LogP contribution < -0.4 is 0 Å². The molecule has 1 aromatic rings. The Morgan fingerprint density at radius 1 is 1.22 bits per heavy atom. The molecule has 0 aromatic heterocycles. The molecule has 0 saturated carbocycles. The van der Waals surface area contributed by atoms with E-state index < -0.39 is 6.04 Å². The lowest BCUT2D eigenvalue weighted by Gasteiger charge is -2.38. The fraction of sp³-hybridized carbons (Fsp3) is 0.529. The van der Waals surface area contributed by atoms with Gasteiger partial charge in [-0.15, -0.1) is 0 Å². The summed E-state index contributed by atoms with van der Waals surface area (Å²) in [5, 5.41) is 0.549. The molecule has 0 spiro atoms. The van der Waals surface area contributed by atoms with Gasteiger partial charge in [0, 0.05) is 37.6 Å². The van der Waals surface area contributed by atoms with Crippen molar-refractivity contribution >= 4 is 23.5 Å². The van der Waals surface area contributed by atoms with Crippen LogP contribution in [-0.2, 0) is 14.3 Å². The van der Waals surface area contributed by atoms with Crippen LogP contribution >= 0.6 is 11.6 Å². The van der Waals surface area contributed by atoms with Crippen LogP contribution in [0.5, 0.6) is 0 Å². The van der Waals surface area contributed by atoms with E-state index in [1.807, 2.05) is 34.9 Å². The van der Waals surface area contributed by atoms with Gasteiger partial charge in [-0.2, -0.15) is 0 Å². The Hall–Kier alpha value is -1.59. The second kappa shape index (κ2) is 8.31. The molecule has 2 rings (SSSR count). The fourth-order valence-corrected chi connectivity index (χ4v) is 3.12. The Morgan fingerprint density at radius 2 is 1.87 bits per heavy atom. The van der Waals surface area contributed by atoms with Gasteiger partial charge in [-0.3, -0.25) is 9.69 Å². The van der Waals surface area contributed by atoms with Crippen molar-refractivity contribution in [2.24, 2.45) is 0 Å². The summed E-state index contributed by atoms with van der Waals surface area (Å²) in [7, 11) is 1.38. The number of nitrogens with zero attached hydrogens (tertiary/aromatic N) is 2. The molecule has 1 atom stereocenters. The van der Waals surface area contributed by atoms with Gasteiger partial charge in [-0.05, 0) is 18.1 Å². The monoisotopic (exact) mass is 338 g/mol. The maximum Gasteiger partial charge on any atom is 0.327 e. The van der Waals surface area contributed by atoms with Gasteiger partial charge in [0.05, 0.1) is 7.11 Å². The Balaban J connectivity index is 2.12. The van der Waals surface area contributed by atoms with Crippen molar-refractivity contribution in [3.8, 4) is 0 Å². The molecular weight excluding hydrogens is 316 g/mol. The van der Waals surface area contributed by atoms with Gasteiger partial charge in [0.2, 0.25) is 5.91 Å². The van der Waals surface area contributed by atoms with E-state index in [0.717, 1.165) is 12.0 Å². The predicted molar refractivity (Wildman–Crippen MR) is 89.3 cm³/mol. The second-order valence-electron chi connectivity index (χ2n) is 5.61. The lowest BCUT2D eigenvalue weighted by molar-refractivity contribution is -0.148. The van der Waals surface area contributed by atoms with Gasteiger partial charge in [0.1, 0.15) is 6.04 Å². The minimum Gasteiger partial charge on any atom is -0.468 e. The fourth-order valence-electron chi connectivity index (χ4n) is 2.88. The highest BCUT2D eigenvalue weighted by molar-refractivity contribution is 6.31. The molecule has 0 radical (unpaired) electrons. The lowest BCUT2D eigenvalue weighted by Crippen LogP contribution is -2.51. The Kier molecular flexibility index (Phi) is 6.42. The maximum absolute atomic E-state index is 12.3. The first-order valence-electron chi connectivity index (χ1n) is 7.92. The van der Waals surface area contributed by atoms with Crippen LogP contribution in [0.3, 0.4) is 0 Å². The van der Waals surface area contributed by atoms with E-state index in [4.69, 9.17) is 16.3 Å². The summed E-state index contributed by atoms with van der Waals surface area (Å²) in [6.07, 6.45) is 1.43. The van der Waals surface area contributed by atoms with Gasteiger partial charge in [-0.1, -0.05) is 36.7 Å². The van der Waals surface area contributed by atoms with Gasteiger partial charge >= 0.3 is 5.97 Å². The molecule has 0 bridgehead atoms. The van der Waals surface area contributed by atoms with Crippen molar-refractivity contribution in [2.75, 3.05) is 33.3 Å². The largest absolute Gasteiger partial charge is 0.468 e. The summed E-state index contributed by atoms with van der Waals surface area (Å²) in [6, 6.07) is 6.78. The van der Waals surface area contributed by atoms with Crippen LogP contribution in [-0.4, -0.2) is 55.0 Å². The van der Waals surface area contributed by atoms with Crippen molar-refractivity contribution < 1.29 is 14.3 Å². The zero-order valence-electron chi connectivity index (χ0n) is 13.6. The Labute approximate surface area is 142 Å². The average Bonchev–Trinajstić information content (AvgIpc) is 2.57. The Bertz CT molecular complexity index is 557. The molecule has 6 heteroatoms. The Morgan fingerprint density at radius 3 is 2.43 bits per heavy atom. The van der Waals surface area contributed by atoms with E-state index in [9.17, 15) is 9.59 Å². The molecule has 1 aliphatic rings. The van der Waals surface area contributed by atoms with E-state index in [-0.39, 0.29) is 11.9 Å². The molecule has 0 aliphatic carbocycles. The van der Waals surface area contributed by atoms with Crippen molar-refractivity contribution in [3.63, 3.8) is 0 Å². The molecular formula is C17H23ClN2O3. The van der Waals surface area contributed by atoms with Crippen LogP contribution in [0.2, 0.25) is 5.02 Å². The number of methoxy groups -OCH3 is 1. The third-order valence-corrected chi connectivity index (χ3v) is 4.46. The summed E-state index contributed by atoms with van der Waals surface area (Å²) >= 11 is 6.26. The van der Waals surface area contributed by atoms with Gasteiger partial charge in [0.25, 0.3) is 0 Å². The quantitative estimate of drug-likeness (QED) is 0.774. The van der Waals surface area contributed by atoms with E-state index >= 15 is 0 Å². The standard InChI is InChI=1S/C17H23ClN2O3/c1-3-6-15(21)19-9-11-20(12-10-19)16(17(22)23-2)13-7-4-5-8-14(13)18/h4-5,7-8,16H,3,6,9-12H2,1-2H3. The van der Waals surface area contributed by atoms with Crippen LogP contribution in [0.4, 0.5) is 0 Å². The molecule has 1 amide bonds. The number of benzene rings is 1. The molecule has 23 heavy (non-hydrogen) atoms. The first-order valence-corrected chi connectivity index (χ1v) is 8.30. The van der Waals surface area contributed by atoms with Crippen molar-refractivity contribution in [2.45, 2.75) is 25.8 Å². The molecule has 1 heterocycles. The number of amides is 1. The summed E-state index contributed by atoms with van der Waals surface area (Å²) in [5.74, 6) is -0.147. The highest BCUT2D eigenvalue weighted by Crippen LogP contribution is 2.29. The second-order valence-corrected chi connectivity index (χ2v) is 6.02. The highest BCUT2D eigenvalue weighted by atomic mass is 35.5. The van der Waals surface area contributed by atoms with Crippen molar-refractivity contribution in [1.29, 1.82) is 0 Å². The number of hydrogen-bond donors (Lipinski definition) is 0. The number of carbonyl (C=O) groups is 2. The number of rotatable bonds is 5. The van der Waals surface area contributed by atoms with E-state index in [1.165, 1.54) is 7.11 Å². The smallest absolute Gasteiger partial charge is 0.327 e. The minimum absolute atomic E-state index is 0.180. The summed E-state index contributed by atoms with van der Waals surface area (Å²) in [5.41, 5.74) is 0.745. The number of ether oxygens (including phenoxy) is 1. The normalized spacial score (nSPS) is 16.9. The first kappa shape index (κ1) is 17.8. The van der Waals surface area contributed by atoms with Crippen molar-refractivity contribution in [1.82, 2.24) is 9.80 Å². The number of piperazine rings is 1. The lowest BCUT2D eigenvalue weighted by atomic mass is 10.0. The first-order chi connectivity index (χ1) is 11.1. The number of hydrogen-bond acceptors (Lipinski definition) is 4. The molecule has 1 saturated heterocycles. The average molecular weight is 339 g/mol. The van der Waals surface area contributed by atoms with Crippen LogP contribution in [0.1, 0.15) is 31.4 Å². The molecule has 1 aromatic carbocycles. The van der Waals surface area contributed by atoms with Crippen LogP contribution in [0.25, 0.3) is 0 Å². The topological polar surface area (TPSA) is 49.9 Å². The van der Waals surface area contributed by atoms with Gasteiger partial charge in [0.15, 0.2) is 0 Å². The predicted octanol–water partition coefficient (Wildman–Crippen LogP) is 2.50. The number of esters is 1. The zero-order chi connectivity index (χ0) is 16.8. The third-order valence-electron chi connectivity index (χ3n) is 4.12. The van der Waals surface area contributed by atoms with Crippen molar-refractivity contribution in [3.05, 3.63) is 34.9 Å². The van der Waals surface area contributed by atoms with E-state index in [2.05, 4.69) is 0 Å². The highest BCUT2D eigenvalue weighted by Gasteiger charge is 2.33. The minimum atomic E-state index is -0.530. The molecule has 1 unspecified atom stereocenters. The summed E-state index contributed by atoms with van der Waals surface area (Å²) in [4.78, 5) is 28.2. The summed E-state index contributed by atoms with van der Waals surface area (Å²) in [6.45, 7) is 4.49. The molecule has 0 N–H and O–H groups in total. The molecule has 126 valence electrons. The molecule has 1 fully saturated rings. The number of halogens is 1. The maximum atomic E-state index is 12.3. The zero-order valence-corrected chi connectivity index (χ0v) is 14.4. The number of carbonyl (C=O) groups excluding carboxylic acids is 2. The van der Waals surface area contributed by atoms with E-state index in [1.54, 1.807) is 6.07 Å². The van der Waals surface area contributed by atoms with Crippen LogP contribution in [0.15, 0.2) is 24.3 Å².